The van der Waals surface area contributed by atoms with Crippen LogP contribution in [0.4, 0.5) is 8.78 Å². The number of methoxy groups -OCH3 is 1. The standard InChI is InChI=1S/C33H27F2N5O4/c1-43-19-33(11-12-33)18-40-29(37-27-9-10-28(32(41)42)39-31(27)40)15-21-7-8-22(14-25(21)35)26-3-2-4-30(38-26)44-17-23-6-5-20(16-36)13-24(23)34/h2-10,13-14H,11-12,15,17-19H2,1H3,(H,41,42). The zero-order chi connectivity index (χ0) is 30.8. The van der Waals surface area contributed by atoms with E-state index in [1.165, 1.54) is 24.3 Å². The first kappa shape index (κ1) is 28.9. The highest BCUT2D eigenvalue weighted by Crippen LogP contribution is 2.48. The first-order chi connectivity index (χ1) is 21.3. The van der Waals surface area contributed by atoms with E-state index in [0.717, 1.165) is 18.9 Å². The molecule has 44 heavy (non-hydrogen) atoms. The molecule has 3 aromatic heterocycles. The van der Waals surface area contributed by atoms with Crippen molar-refractivity contribution in [2.24, 2.45) is 5.41 Å². The van der Waals surface area contributed by atoms with E-state index in [0.29, 0.717) is 47.0 Å². The van der Waals surface area contributed by atoms with Gasteiger partial charge in [0.05, 0.1) is 23.9 Å². The smallest absolute Gasteiger partial charge is 0.354 e. The molecule has 1 aliphatic carbocycles. The number of aromatic carboxylic acids is 1. The van der Waals surface area contributed by atoms with Gasteiger partial charge in [0, 0.05) is 42.7 Å². The second-order valence-electron chi connectivity index (χ2n) is 10.9. The van der Waals surface area contributed by atoms with Crippen LogP contribution in [-0.2, 0) is 24.3 Å². The number of aromatic nitrogens is 4. The monoisotopic (exact) mass is 595 g/mol. The number of nitrogens with zero attached hydrogens (tertiary/aromatic N) is 5. The minimum atomic E-state index is -1.13. The van der Waals surface area contributed by atoms with E-state index in [1.807, 2.05) is 10.6 Å². The number of carbonyl (C=O) groups is 1. The zero-order valence-electron chi connectivity index (χ0n) is 23.8. The Labute approximate surface area is 251 Å². The maximum absolute atomic E-state index is 15.6. The molecule has 1 aliphatic rings. The van der Waals surface area contributed by atoms with E-state index in [1.54, 1.807) is 43.5 Å². The summed E-state index contributed by atoms with van der Waals surface area (Å²) < 4.78 is 42.8. The van der Waals surface area contributed by atoms with Gasteiger partial charge in [0.2, 0.25) is 5.88 Å². The molecule has 1 fully saturated rings. The molecule has 2 aromatic carbocycles. The van der Waals surface area contributed by atoms with E-state index >= 15 is 4.39 Å². The van der Waals surface area contributed by atoms with E-state index in [2.05, 4.69) is 9.97 Å². The van der Waals surface area contributed by atoms with Gasteiger partial charge in [-0.25, -0.2) is 28.5 Å². The van der Waals surface area contributed by atoms with Crippen LogP contribution in [0.1, 0.15) is 45.8 Å². The Bertz CT molecular complexity index is 1930. The van der Waals surface area contributed by atoms with E-state index in [4.69, 9.17) is 19.7 Å². The van der Waals surface area contributed by atoms with Crippen molar-refractivity contribution >= 4 is 17.1 Å². The third-order valence-corrected chi connectivity index (χ3v) is 7.77. The molecule has 0 aliphatic heterocycles. The molecule has 0 saturated heterocycles. The molecule has 11 heteroatoms. The summed E-state index contributed by atoms with van der Waals surface area (Å²) in [5.41, 5.74) is 2.71. The molecule has 1 N–H and O–H groups in total. The molecule has 0 atom stereocenters. The van der Waals surface area contributed by atoms with Crippen molar-refractivity contribution in [3.05, 3.63) is 107 Å². The van der Waals surface area contributed by atoms with Gasteiger partial charge in [0.25, 0.3) is 0 Å². The summed E-state index contributed by atoms with van der Waals surface area (Å²) in [4.78, 5) is 25.1. The minimum Gasteiger partial charge on any atom is -0.477 e. The van der Waals surface area contributed by atoms with Gasteiger partial charge in [0.15, 0.2) is 11.3 Å². The SMILES string of the molecule is COCC1(Cn2c(Cc3ccc(-c4cccc(OCc5ccc(C#N)cc5F)n4)cc3F)nc3ccc(C(=O)O)nc32)CC1. The summed E-state index contributed by atoms with van der Waals surface area (Å²) in [6, 6.07) is 19.0. The number of carboxylic acids is 1. The number of imidazole rings is 1. The number of ether oxygens (including phenoxy) is 2. The second-order valence-corrected chi connectivity index (χ2v) is 10.9. The van der Waals surface area contributed by atoms with Gasteiger partial charge in [0.1, 0.15) is 29.6 Å². The predicted molar refractivity (Wildman–Crippen MR) is 156 cm³/mol. The van der Waals surface area contributed by atoms with Gasteiger partial charge in [-0.3, -0.25) is 0 Å². The van der Waals surface area contributed by atoms with Crippen LogP contribution in [-0.4, -0.2) is 44.3 Å². The molecule has 6 rings (SSSR count). The molecular formula is C33H27F2N5O4. The lowest BCUT2D eigenvalue weighted by Gasteiger charge is -2.17. The Balaban J connectivity index is 1.24. The van der Waals surface area contributed by atoms with Crippen molar-refractivity contribution in [2.45, 2.75) is 32.4 Å². The van der Waals surface area contributed by atoms with Crippen LogP contribution in [0, 0.1) is 28.4 Å². The van der Waals surface area contributed by atoms with Crippen molar-refractivity contribution in [3.63, 3.8) is 0 Å². The molecule has 0 unspecified atom stereocenters. The highest BCUT2D eigenvalue weighted by atomic mass is 19.1. The Morgan fingerprint density at radius 2 is 1.82 bits per heavy atom. The lowest BCUT2D eigenvalue weighted by molar-refractivity contribution is 0.0690. The molecular weight excluding hydrogens is 568 g/mol. The summed E-state index contributed by atoms with van der Waals surface area (Å²) >= 11 is 0. The molecule has 5 aromatic rings. The van der Waals surface area contributed by atoms with E-state index in [9.17, 15) is 14.3 Å². The fraction of sp³-hybridized carbons (Fsp3) is 0.242. The Kier molecular flexibility index (Phi) is 7.76. The number of carboxylic acid groups (broad SMARTS) is 1. The number of hydrogen-bond donors (Lipinski definition) is 1. The highest BCUT2D eigenvalue weighted by molar-refractivity contribution is 5.88. The number of nitriles is 1. The van der Waals surface area contributed by atoms with Gasteiger partial charge in [-0.15, -0.1) is 0 Å². The van der Waals surface area contributed by atoms with Crippen LogP contribution in [0.25, 0.3) is 22.4 Å². The van der Waals surface area contributed by atoms with Crippen LogP contribution in [0.15, 0.2) is 66.7 Å². The fourth-order valence-electron chi connectivity index (χ4n) is 5.20. The number of pyridine rings is 2. The van der Waals surface area contributed by atoms with Crippen LogP contribution >= 0.6 is 0 Å². The third kappa shape index (κ3) is 5.98. The maximum atomic E-state index is 15.6. The zero-order valence-corrected chi connectivity index (χ0v) is 23.8. The highest BCUT2D eigenvalue weighted by Gasteiger charge is 2.44. The van der Waals surface area contributed by atoms with Crippen molar-refractivity contribution in [1.82, 2.24) is 19.5 Å². The number of halogens is 2. The van der Waals surface area contributed by atoms with Gasteiger partial charge in [-0.05, 0) is 54.8 Å². The first-order valence-electron chi connectivity index (χ1n) is 13.9. The topological polar surface area (TPSA) is 123 Å². The molecule has 0 bridgehead atoms. The lowest BCUT2D eigenvalue weighted by atomic mass is 10.0. The summed E-state index contributed by atoms with van der Waals surface area (Å²) in [7, 11) is 1.65. The van der Waals surface area contributed by atoms with Crippen molar-refractivity contribution in [1.29, 1.82) is 5.26 Å². The minimum absolute atomic E-state index is 0.0851. The quantitative estimate of drug-likeness (QED) is 0.199. The average molecular weight is 596 g/mol. The van der Waals surface area contributed by atoms with Gasteiger partial charge >= 0.3 is 5.97 Å². The first-order valence-corrected chi connectivity index (χ1v) is 13.9. The number of benzene rings is 2. The van der Waals surface area contributed by atoms with Crippen LogP contribution < -0.4 is 4.74 Å². The summed E-state index contributed by atoms with van der Waals surface area (Å²) in [6.07, 6.45) is 2.08. The molecule has 9 nitrogen and oxygen atoms in total. The van der Waals surface area contributed by atoms with Crippen LogP contribution in [0.3, 0.4) is 0 Å². The number of rotatable bonds is 11. The maximum Gasteiger partial charge on any atom is 0.354 e. The van der Waals surface area contributed by atoms with Crippen LogP contribution in [0.2, 0.25) is 0 Å². The van der Waals surface area contributed by atoms with E-state index in [-0.39, 0.29) is 41.1 Å². The normalized spacial score (nSPS) is 13.5. The Hall–Kier alpha value is -5.21. The molecule has 0 radical (unpaired) electrons. The fourth-order valence-corrected chi connectivity index (χ4v) is 5.20. The molecule has 1 saturated carbocycles. The summed E-state index contributed by atoms with van der Waals surface area (Å²) in [6.45, 7) is 0.994. The third-order valence-electron chi connectivity index (χ3n) is 7.77. The van der Waals surface area contributed by atoms with Gasteiger partial charge in [-0.1, -0.05) is 24.3 Å². The van der Waals surface area contributed by atoms with E-state index < -0.39 is 17.6 Å². The molecule has 0 amide bonds. The predicted octanol–water partition coefficient (Wildman–Crippen LogP) is 5.94. The van der Waals surface area contributed by atoms with Gasteiger partial charge < -0.3 is 19.1 Å². The molecule has 0 spiro atoms. The van der Waals surface area contributed by atoms with Crippen molar-refractivity contribution in [2.75, 3.05) is 13.7 Å². The Morgan fingerprint density at radius 3 is 2.52 bits per heavy atom. The molecule has 3 heterocycles. The van der Waals surface area contributed by atoms with Crippen molar-refractivity contribution in [3.8, 4) is 23.2 Å². The summed E-state index contributed by atoms with van der Waals surface area (Å²) in [5, 5.41) is 18.4. The van der Waals surface area contributed by atoms with Gasteiger partial charge in [-0.2, -0.15) is 5.26 Å². The Morgan fingerprint density at radius 1 is 1.02 bits per heavy atom. The largest absolute Gasteiger partial charge is 0.477 e. The summed E-state index contributed by atoms with van der Waals surface area (Å²) in [5.74, 6) is -1.32. The number of fused-ring (bicyclic) bond motifs is 1. The average Bonchev–Trinajstić information content (AvgIpc) is 3.70. The van der Waals surface area contributed by atoms with Crippen molar-refractivity contribution < 1.29 is 28.2 Å². The molecule has 222 valence electrons. The lowest BCUT2D eigenvalue weighted by Crippen LogP contribution is -2.19. The number of hydrogen-bond acceptors (Lipinski definition) is 7. The van der Waals surface area contributed by atoms with Crippen LogP contribution in [0.5, 0.6) is 5.88 Å². The second kappa shape index (κ2) is 11.8.